The van der Waals surface area contributed by atoms with E-state index in [-0.39, 0.29) is 5.91 Å². The minimum absolute atomic E-state index is 0.132. The predicted octanol–water partition coefficient (Wildman–Crippen LogP) is 4.13. The van der Waals surface area contributed by atoms with Crippen LogP contribution in [0.25, 0.3) is 10.9 Å². The van der Waals surface area contributed by atoms with Crippen LogP contribution in [0, 0.1) is 5.92 Å². The summed E-state index contributed by atoms with van der Waals surface area (Å²) >= 11 is 0. The van der Waals surface area contributed by atoms with E-state index in [1.54, 1.807) is 6.20 Å². The molecule has 4 nitrogen and oxygen atoms in total. The van der Waals surface area contributed by atoms with Crippen LogP contribution in [0.3, 0.4) is 0 Å². The highest BCUT2D eigenvalue weighted by molar-refractivity contribution is 6.05. The number of amides is 1. The molecule has 1 aromatic carbocycles. The van der Waals surface area contributed by atoms with Crippen LogP contribution < -0.4 is 0 Å². The molecule has 0 saturated carbocycles. The van der Waals surface area contributed by atoms with E-state index in [1.807, 2.05) is 30.3 Å². The molecule has 4 rings (SSSR count). The number of rotatable bonds is 6. The van der Waals surface area contributed by atoms with Crippen LogP contribution in [0.1, 0.15) is 42.5 Å². The fraction of sp³-hybridized carbons (Fsp3) is 0.478. The Morgan fingerprint density at radius 2 is 2.00 bits per heavy atom. The molecule has 1 fully saturated rings. The Kier molecular flexibility index (Phi) is 5.83. The Morgan fingerprint density at radius 1 is 1.15 bits per heavy atom. The zero-order chi connectivity index (χ0) is 18.5. The first-order chi connectivity index (χ1) is 13.3. The van der Waals surface area contributed by atoms with Crippen molar-refractivity contribution in [2.24, 2.45) is 5.92 Å². The zero-order valence-corrected chi connectivity index (χ0v) is 16.0. The smallest absolute Gasteiger partial charge is 0.256 e. The fourth-order valence-electron chi connectivity index (χ4n) is 4.33. The van der Waals surface area contributed by atoms with Gasteiger partial charge in [-0.25, -0.2) is 0 Å². The van der Waals surface area contributed by atoms with Gasteiger partial charge in [0.15, 0.2) is 0 Å². The number of nitrogens with zero attached hydrogens (tertiary/aromatic N) is 3. The molecule has 0 radical (unpaired) electrons. The molecule has 1 atom stereocenters. The molecule has 0 spiro atoms. The fourth-order valence-corrected chi connectivity index (χ4v) is 4.33. The van der Waals surface area contributed by atoms with E-state index >= 15 is 0 Å². The lowest BCUT2D eigenvalue weighted by molar-refractivity contribution is 0.0709. The predicted molar refractivity (Wildman–Crippen MR) is 110 cm³/mol. The number of hydrogen-bond acceptors (Lipinski definition) is 3. The van der Waals surface area contributed by atoms with Crippen LogP contribution in [0.15, 0.2) is 48.7 Å². The molecule has 1 aliphatic carbocycles. The maximum absolute atomic E-state index is 13.5. The number of hydrogen-bond donors (Lipinski definition) is 0. The summed E-state index contributed by atoms with van der Waals surface area (Å²) in [5.41, 5.74) is 1.56. The number of aromatic nitrogens is 1. The van der Waals surface area contributed by atoms with Gasteiger partial charge in [-0.05, 0) is 63.2 Å². The number of carbonyl (C=O) groups excluding carboxylic acids is 1. The highest BCUT2D eigenvalue weighted by Crippen LogP contribution is 2.23. The van der Waals surface area contributed by atoms with Gasteiger partial charge in [-0.1, -0.05) is 30.4 Å². The lowest BCUT2D eigenvalue weighted by atomic mass is 9.93. The second kappa shape index (κ2) is 8.66. The van der Waals surface area contributed by atoms with Crippen LogP contribution in [0.2, 0.25) is 0 Å². The first-order valence-electron chi connectivity index (χ1n) is 10.3. The van der Waals surface area contributed by atoms with E-state index in [0.29, 0.717) is 5.92 Å². The third kappa shape index (κ3) is 4.38. The van der Waals surface area contributed by atoms with Crippen molar-refractivity contribution < 1.29 is 4.79 Å². The van der Waals surface area contributed by atoms with Gasteiger partial charge >= 0.3 is 0 Å². The molecule has 2 aromatic rings. The van der Waals surface area contributed by atoms with Crippen LogP contribution in [0.5, 0.6) is 0 Å². The summed E-state index contributed by atoms with van der Waals surface area (Å²) in [7, 11) is 0. The van der Waals surface area contributed by atoms with Gasteiger partial charge in [0.1, 0.15) is 0 Å². The average molecular weight is 364 g/mol. The summed E-state index contributed by atoms with van der Waals surface area (Å²) in [6.45, 7) is 4.98. The third-order valence-electron chi connectivity index (χ3n) is 5.89. The molecular formula is C23H29N3O. The second-order valence-corrected chi connectivity index (χ2v) is 7.83. The van der Waals surface area contributed by atoms with Crippen molar-refractivity contribution in [1.29, 1.82) is 0 Å². The van der Waals surface area contributed by atoms with Crippen molar-refractivity contribution in [3.8, 4) is 0 Å². The highest BCUT2D eigenvalue weighted by Gasteiger charge is 2.23. The summed E-state index contributed by atoms with van der Waals surface area (Å²) < 4.78 is 0. The van der Waals surface area contributed by atoms with Crippen molar-refractivity contribution in [2.75, 3.05) is 32.7 Å². The molecule has 2 heterocycles. The van der Waals surface area contributed by atoms with Gasteiger partial charge in [-0.15, -0.1) is 0 Å². The van der Waals surface area contributed by atoms with E-state index in [2.05, 4.69) is 26.9 Å². The summed E-state index contributed by atoms with van der Waals surface area (Å²) in [4.78, 5) is 22.6. The first-order valence-corrected chi connectivity index (χ1v) is 10.3. The summed E-state index contributed by atoms with van der Waals surface area (Å²) in [6, 6.07) is 9.88. The zero-order valence-electron chi connectivity index (χ0n) is 16.0. The van der Waals surface area contributed by atoms with Crippen LogP contribution >= 0.6 is 0 Å². The third-order valence-corrected chi connectivity index (χ3v) is 5.89. The lowest BCUT2D eigenvalue weighted by Crippen LogP contribution is -2.41. The van der Waals surface area contributed by atoms with Crippen LogP contribution in [-0.2, 0) is 0 Å². The molecule has 0 N–H and O–H groups in total. The van der Waals surface area contributed by atoms with Crippen molar-refractivity contribution >= 4 is 16.8 Å². The van der Waals surface area contributed by atoms with E-state index in [4.69, 9.17) is 0 Å². The molecule has 27 heavy (non-hydrogen) atoms. The van der Waals surface area contributed by atoms with Gasteiger partial charge in [0.25, 0.3) is 5.91 Å². The monoisotopic (exact) mass is 363 g/mol. The molecule has 0 unspecified atom stereocenters. The molecular weight excluding hydrogens is 334 g/mol. The highest BCUT2D eigenvalue weighted by atomic mass is 16.2. The van der Waals surface area contributed by atoms with Gasteiger partial charge in [0.2, 0.25) is 0 Å². The maximum Gasteiger partial charge on any atom is 0.256 e. The summed E-state index contributed by atoms with van der Waals surface area (Å²) in [5.74, 6) is 0.702. The Bertz CT molecular complexity index is 805. The molecule has 4 heteroatoms. The summed E-state index contributed by atoms with van der Waals surface area (Å²) in [5, 5.41) is 1.03. The minimum Gasteiger partial charge on any atom is -0.337 e. The second-order valence-electron chi connectivity index (χ2n) is 7.83. The van der Waals surface area contributed by atoms with Crippen LogP contribution in [-0.4, -0.2) is 53.4 Å². The van der Waals surface area contributed by atoms with Gasteiger partial charge in [-0.2, -0.15) is 0 Å². The normalized spacial score (nSPS) is 20.2. The quantitative estimate of drug-likeness (QED) is 0.724. The number of fused-ring (bicyclic) bond motifs is 1. The van der Waals surface area contributed by atoms with Crippen molar-refractivity contribution in [3.05, 3.63) is 54.2 Å². The Morgan fingerprint density at radius 3 is 2.81 bits per heavy atom. The van der Waals surface area contributed by atoms with E-state index in [0.717, 1.165) is 48.9 Å². The molecule has 0 bridgehead atoms. The van der Waals surface area contributed by atoms with E-state index in [9.17, 15) is 4.79 Å². The Labute approximate surface area is 161 Å². The first kappa shape index (κ1) is 18.2. The van der Waals surface area contributed by atoms with E-state index in [1.165, 1.54) is 32.4 Å². The number of allylic oxidation sites excluding steroid dienone is 2. The largest absolute Gasteiger partial charge is 0.337 e. The van der Waals surface area contributed by atoms with E-state index < -0.39 is 0 Å². The van der Waals surface area contributed by atoms with Crippen LogP contribution in [0.4, 0.5) is 0 Å². The van der Waals surface area contributed by atoms with Gasteiger partial charge in [0, 0.05) is 31.2 Å². The van der Waals surface area contributed by atoms with Gasteiger partial charge < -0.3 is 9.80 Å². The van der Waals surface area contributed by atoms with Crippen molar-refractivity contribution in [3.63, 3.8) is 0 Å². The SMILES string of the molecule is O=C(c1cccc2cccnc12)N(CCN1CCCC1)C[C@@H]1CC=CCC1. The molecule has 1 amide bonds. The Balaban J connectivity index is 1.55. The van der Waals surface area contributed by atoms with Gasteiger partial charge in [0.05, 0.1) is 11.1 Å². The molecule has 142 valence electrons. The topological polar surface area (TPSA) is 36.4 Å². The average Bonchev–Trinajstić information content (AvgIpc) is 3.24. The number of carbonyl (C=O) groups is 1. The van der Waals surface area contributed by atoms with Crippen molar-refractivity contribution in [1.82, 2.24) is 14.8 Å². The lowest BCUT2D eigenvalue weighted by Gasteiger charge is -2.30. The molecule has 2 aliphatic rings. The minimum atomic E-state index is 0.132. The molecule has 1 aliphatic heterocycles. The van der Waals surface area contributed by atoms with Gasteiger partial charge in [-0.3, -0.25) is 9.78 Å². The number of pyridine rings is 1. The molecule has 1 aromatic heterocycles. The standard InChI is InChI=1S/C23H29N3O/c27-23(21-12-6-10-20-11-7-13-24-22(20)21)26(17-16-25-14-4-5-15-25)18-19-8-2-1-3-9-19/h1-2,6-7,10-13,19H,3-5,8-9,14-18H2/t19-/m1/s1. The molecule has 1 saturated heterocycles. The van der Waals surface area contributed by atoms with Crippen molar-refractivity contribution in [2.45, 2.75) is 32.1 Å². The Hall–Kier alpha value is -2.20. The maximum atomic E-state index is 13.5. The number of likely N-dealkylation sites (tertiary alicyclic amines) is 1. The number of benzene rings is 1. The number of para-hydroxylation sites is 1. The summed E-state index contributed by atoms with van der Waals surface area (Å²) in [6.07, 6.45) is 12.3.